The van der Waals surface area contributed by atoms with Crippen LogP contribution in [0.15, 0.2) is 30.9 Å². The molecule has 0 aromatic heterocycles. The molecule has 2 saturated carbocycles. The summed E-state index contributed by atoms with van der Waals surface area (Å²) in [6.45, 7) is 4.57. The molecule has 0 amide bonds. The third-order valence-corrected chi connectivity index (χ3v) is 6.89. The second kappa shape index (κ2) is 9.78. The molecule has 0 atom stereocenters. The lowest BCUT2D eigenvalue weighted by atomic mass is 9.69. The number of hydrogen-bond donors (Lipinski definition) is 0. The molecule has 2 aliphatic carbocycles. The third-order valence-electron chi connectivity index (χ3n) is 6.61. The minimum atomic E-state index is -0.390. The lowest BCUT2D eigenvalue weighted by Crippen LogP contribution is -2.27. The molecule has 144 valence electrons. The largest absolute Gasteiger partial charge is 0.493 e. The van der Waals surface area contributed by atoms with Crippen molar-refractivity contribution in [3.05, 3.63) is 41.7 Å². The highest BCUT2D eigenvalue weighted by molar-refractivity contribution is 6.30. The maximum Gasteiger partial charge on any atom is 0.142 e. The smallest absolute Gasteiger partial charge is 0.142 e. The molecule has 2 aliphatic rings. The Kier molecular flexibility index (Phi) is 7.42. The number of benzene rings is 1. The summed E-state index contributed by atoms with van der Waals surface area (Å²) in [7, 11) is 0. The Labute approximate surface area is 163 Å². The van der Waals surface area contributed by atoms with Gasteiger partial charge in [0.2, 0.25) is 0 Å². The maximum atomic E-state index is 13.2. The van der Waals surface area contributed by atoms with Gasteiger partial charge in [0.1, 0.15) is 11.6 Å². The molecular formula is C23H32ClFO. The Bertz CT molecular complexity index is 572. The van der Waals surface area contributed by atoms with Crippen molar-refractivity contribution in [2.24, 2.45) is 23.7 Å². The van der Waals surface area contributed by atoms with E-state index in [0.29, 0.717) is 11.7 Å². The van der Waals surface area contributed by atoms with Crippen molar-refractivity contribution in [1.82, 2.24) is 0 Å². The van der Waals surface area contributed by atoms with Gasteiger partial charge in [-0.3, -0.25) is 0 Å². The van der Waals surface area contributed by atoms with Crippen molar-refractivity contribution < 1.29 is 9.13 Å². The van der Waals surface area contributed by atoms with E-state index >= 15 is 0 Å². The van der Waals surface area contributed by atoms with E-state index < -0.39 is 5.82 Å². The SMILES string of the molecule is C=CCC[C@H]1CC[C@H](C2CCC(COc3ccc(F)c(Cl)c3)CC2)CC1. The van der Waals surface area contributed by atoms with Gasteiger partial charge < -0.3 is 4.74 Å². The second-order valence-electron chi connectivity index (χ2n) is 8.31. The standard InChI is InChI=1S/C23H32ClFO/c1-2-3-4-17-5-9-19(10-6-17)20-11-7-18(8-12-20)16-26-21-13-14-23(25)22(24)15-21/h2,13-15,17-20H,1,3-12,16H2/t17-,18?,19-,20?. The van der Waals surface area contributed by atoms with Crippen molar-refractivity contribution in [3.63, 3.8) is 0 Å². The first-order valence-electron chi connectivity index (χ1n) is 10.3. The van der Waals surface area contributed by atoms with Crippen LogP contribution in [0.4, 0.5) is 4.39 Å². The van der Waals surface area contributed by atoms with Crippen LogP contribution in [0.1, 0.15) is 64.2 Å². The molecule has 0 radical (unpaired) electrons. The van der Waals surface area contributed by atoms with E-state index in [9.17, 15) is 4.39 Å². The Morgan fingerprint density at radius 3 is 2.19 bits per heavy atom. The van der Waals surface area contributed by atoms with E-state index in [1.807, 2.05) is 0 Å². The van der Waals surface area contributed by atoms with Gasteiger partial charge in [-0.2, -0.15) is 0 Å². The number of rotatable bonds is 7. The molecular weight excluding hydrogens is 347 g/mol. The fourth-order valence-electron chi connectivity index (χ4n) is 4.91. The van der Waals surface area contributed by atoms with Crippen LogP contribution in [-0.4, -0.2) is 6.61 Å². The molecule has 0 aliphatic heterocycles. The number of halogens is 2. The Morgan fingerprint density at radius 1 is 1.00 bits per heavy atom. The molecule has 0 spiro atoms. The monoisotopic (exact) mass is 378 g/mol. The van der Waals surface area contributed by atoms with Crippen LogP contribution in [0.5, 0.6) is 5.75 Å². The van der Waals surface area contributed by atoms with Crippen molar-refractivity contribution in [1.29, 1.82) is 0 Å². The van der Waals surface area contributed by atoms with Gasteiger partial charge in [0.05, 0.1) is 11.6 Å². The highest BCUT2D eigenvalue weighted by Gasteiger charge is 2.30. The summed E-state index contributed by atoms with van der Waals surface area (Å²) >= 11 is 5.82. The second-order valence-corrected chi connectivity index (χ2v) is 8.72. The van der Waals surface area contributed by atoms with Gasteiger partial charge in [-0.25, -0.2) is 4.39 Å². The van der Waals surface area contributed by atoms with Gasteiger partial charge in [-0.1, -0.05) is 30.5 Å². The van der Waals surface area contributed by atoms with E-state index in [-0.39, 0.29) is 5.02 Å². The number of ether oxygens (including phenoxy) is 1. The van der Waals surface area contributed by atoms with E-state index in [1.165, 1.54) is 70.3 Å². The van der Waals surface area contributed by atoms with E-state index in [0.717, 1.165) is 24.4 Å². The average Bonchev–Trinajstić information content (AvgIpc) is 2.68. The topological polar surface area (TPSA) is 9.23 Å². The highest BCUT2D eigenvalue weighted by atomic mass is 35.5. The maximum absolute atomic E-state index is 13.2. The predicted octanol–water partition coefficient (Wildman–Crippen LogP) is 7.44. The molecule has 0 N–H and O–H groups in total. The van der Waals surface area contributed by atoms with E-state index in [4.69, 9.17) is 16.3 Å². The summed E-state index contributed by atoms with van der Waals surface area (Å²) in [5.74, 6) is 3.73. The van der Waals surface area contributed by atoms with Gasteiger partial charge in [0.25, 0.3) is 0 Å². The Hall–Kier alpha value is -1.02. The first kappa shape index (κ1) is 19.7. The average molecular weight is 379 g/mol. The summed E-state index contributed by atoms with van der Waals surface area (Å²) in [6.07, 6.45) is 15.5. The molecule has 0 unspecified atom stereocenters. The quantitative estimate of drug-likeness (QED) is 0.448. The minimum Gasteiger partial charge on any atom is -0.493 e. The first-order chi connectivity index (χ1) is 12.7. The molecule has 0 heterocycles. The summed E-state index contributed by atoms with van der Waals surface area (Å²) in [6, 6.07) is 4.62. The van der Waals surface area contributed by atoms with Gasteiger partial charge in [-0.15, -0.1) is 6.58 Å². The van der Waals surface area contributed by atoms with E-state index in [1.54, 1.807) is 12.1 Å². The lowest BCUT2D eigenvalue weighted by Gasteiger charge is -2.37. The van der Waals surface area contributed by atoms with Crippen LogP contribution in [0.2, 0.25) is 5.02 Å². The zero-order chi connectivity index (χ0) is 18.4. The molecule has 3 heteroatoms. The molecule has 2 fully saturated rings. The van der Waals surface area contributed by atoms with Crippen LogP contribution in [0, 0.1) is 29.5 Å². The molecule has 1 aromatic rings. The zero-order valence-electron chi connectivity index (χ0n) is 15.8. The normalized spacial score (nSPS) is 29.3. The Balaban J connectivity index is 1.36. The fourth-order valence-corrected chi connectivity index (χ4v) is 5.08. The molecule has 3 rings (SSSR count). The highest BCUT2D eigenvalue weighted by Crippen LogP contribution is 2.42. The Morgan fingerprint density at radius 2 is 1.62 bits per heavy atom. The fraction of sp³-hybridized carbons (Fsp3) is 0.652. The van der Waals surface area contributed by atoms with Crippen LogP contribution in [0.25, 0.3) is 0 Å². The van der Waals surface area contributed by atoms with Crippen molar-refractivity contribution in [2.75, 3.05) is 6.61 Å². The molecule has 1 nitrogen and oxygen atoms in total. The summed E-state index contributed by atoms with van der Waals surface area (Å²) in [4.78, 5) is 0. The first-order valence-corrected chi connectivity index (χ1v) is 10.7. The van der Waals surface area contributed by atoms with E-state index in [2.05, 4.69) is 12.7 Å². The summed E-state index contributed by atoms with van der Waals surface area (Å²) in [5, 5.41) is 0.134. The van der Waals surface area contributed by atoms with Crippen LogP contribution < -0.4 is 4.74 Å². The van der Waals surface area contributed by atoms with Crippen LogP contribution in [0.3, 0.4) is 0 Å². The van der Waals surface area contributed by atoms with Crippen molar-refractivity contribution >= 4 is 11.6 Å². The van der Waals surface area contributed by atoms with Crippen LogP contribution in [-0.2, 0) is 0 Å². The van der Waals surface area contributed by atoms with Crippen molar-refractivity contribution in [3.8, 4) is 5.75 Å². The molecule has 26 heavy (non-hydrogen) atoms. The van der Waals surface area contributed by atoms with Gasteiger partial charge >= 0.3 is 0 Å². The summed E-state index contributed by atoms with van der Waals surface area (Å²) < 4.78 is 19.1. The van der Waals surface area contributed by atoms with Gasteiger partial charge in [-0.05, 0) is 87.2 Å². The predicted molar refractivity (Wildman–Crippen MR) is 107 cm³/mol. The van der Waals surface area contributed by atoms with Gasteiger partial charge in [0.15, 0.2) is 0 Å². The number of allylic oxidation sites excluding steroid dienone is 1. The lowest BCUT2D eigenvalue weighted by molar-refractivity contribution is 0.122. The molecule has 0 saturated heterocycles. The molecule has 0 bridgehead atoms. The van der Waals surface area contributed by atoms with Crippen molar-refractivity contribution in [2.45, 2.75) is 64.2 Å². The van der Waals surface area contributed by atoms with Crippen LogP contribution >= 0.6 is 11.6 Å². The number of hydrogen-bond acceptors (Lipinski definition) is 1. The van der Waals surface area contributed by atoms with Gasteiger partial charge in [0, 0.05) is 6.07 Å². The third kappa shape index (κ3) is 5.49. The summed E-state index contributed by atoms with van der Waals surface area (Å²) in [5.41, 5.74) is 0. The minimum absolute atomic E-state index is 0.134. The zero-order valence-corrected chi connectivity index (χ0v) is 16.5. The molecule has 1 aromatic carbocycles.